The fraction of sp³-hybridized carbons (Fsp3) is 0.923. The average Bonchev–Trinajstić information content (AvgIpc) is 2.30. The summed E-state index contributed by atoms with van der Waals surface area (Å²) in [4.78, 5) is 11.8. The van der Waals surface area contributed by atoms with Crippen LogP contribution in [0.5, 0.6) is 0 Å². The lowest BCUT2D eigenvalue weighted by Gasteiger charge is -2.30. The zero-order valence-corrected chi connectivity index (χ0v) is 12.5. The summed E-state index contributed by atoms with van der Waals surface area (Å²) in [7, 11) is 1.31. The molecular weight excluding hydrogens is 275 g/mol. The Balaban J connectivity index is 4.06. The molecule has 20 heavy (non-hydrogen) atoms. The van der Waals surface area contributed by atoms with Gasteiger partial charge in [0, 0.05) is 12.6 Å². The van der Waals surface area contributed by atoms with Gasteiger partial charge in [-0.1, -0.05) is 0 Å². The van der Waals surface area contributed by atoms with Crippen LogP contribution in [-0.4, -0.2) is 44.0 Å². The van der Waals surface area contributed by atoms with Gasteiger partial charge in [-0.3, -0.25) is 10.1 Å². The molecule has 0 rings (SSSR count). The van der Waals surface area contributed by atoms with Crippen molar-refractivity contribution in [2.24, 2.45) is 0 Å². The van der Waals surface area contributed by atoms with Crippen LogP contribution in [0.25, 0.3) is 0 Å². The van der Waals surface area contributed by atoms with Crippen molar-refractivity contribution in [3.63, 3.8) is 0 Å². The molecule has 0 saturated carbocycles. The summed E-state index contributed by atoms with van der Waals surface area (Å²) < 4.78 is 44.8. The minimum atomic E-state index is -4.29. The zero-order chi connectivity index (χ0) is 15.8. The summed E-state index contributed by atoms with van der Waals surface area (Å²) in [6.45, 7) is 4.35. The van der Waals surface area contributed by atoms with Crippen molar-refractivity contribution in [3.8, 4) is 0 Å². The molecule has 0 aliphatic rings. The third kappa shape index (κ3) is 8.37. The molecule has 0 amide bonds. The van der Waals surface area contributed by atoms with Gasteiger partial charge in [0.2, 0.25) is 0 Å². The Morgan fingerprint density at radius 1 is 1.25 bits per heavy atom. The molecule has 0 fully saturated rings. The van der Waals surface area contributed by atoms with E-state index in [-0.39, 0.29) is 18.6 Å². The second-order valence-electron chi connectivity index (χ2n) is 5.25. The lowest BCUT2D eigenvalue weighted by atomic mass is 9.94. The molecule has 1 unspecified atom stereocenters. The molecule has 0 radical (unpaired) electrons. The Hall–Kier alpha value is -0.820. The standard InChI is InChI=1S/C13H24F3NO3/c1-10(2)17-12(3,11(18)19-4)7-5-6-8-20-9-13(14,15)16/h10,17H,5-9H2,1-4H3. The first kappa shape index (κ1) is 19.2. The Kier molecular flexibility index (Phi) is 8.12. The maximum atomic E-state index is 11.9. The second kappa shape index (κ2) is 8.46. The van der Waals surface area contributed by atoms with Crippen LogP contribution in [0, 0.1) is 0 Å². The highest BCUT2D eigenvalue weighted by Crippen LogP contribution is 2.18. The average molecular weight is 299 g/mol. The van der Waals surface area contributed by atoms with Crippen LogP contribution in [0.2, 0.25) is 0 Å². The predicted octanol–water partition coefficient (Wildman–Crippen LogP) is 2.67. The summed E-state index contributed by atoms with van der Waals surface area (Å²) in [5, 5.41) is 3.13. The fourth-order valence-corrected chi connectivity index (χ4v) is 1.97. The van der Waals surface area contributed by atoms with Gasteiger partial charge in [0.25, 0.3) is 0 Å². The third-order valence-electron chi connectivity index (χ3n) is 2.72. The molecular formula is C13H24F3NO3. The first-order valence-corrected chi connectivity index (χ1v) is 6.61. The minimum absolute atomic E-state index is 0.0262. The van der Waals surface area contributed by atoms with Crippen LogP contribution in [0.1, 0.15) is 40.0 Å². The Morgan fingerprint density at radius 3 is 2.30 bits per heavy atom. The molecule has 0 bridgehead atoms. The molecule has 0 aliphatic heterocycles. The molecule has 1 atom stereocenters. The largest absolute Gasteiger partial charge is 0.468 e. The van der Waals surface area contributed by atoms with Gasteiger partial charge in [-0.15, -0.1) is 0 Å². The third-order valence-corrected chi connectivity index (χ3v) is 2.72. The van der Waals surface area contributed by atoms with E-state index in [0.717, 1.165) is 0 Å². The minimum Gasteiger partial charge on any atom is -0.468 e. The lowest BCUT2D eigenvalue weighted by Crippen LogP contribution is -2.52. The maximum Gasteiger partial charge on any atom is 0.411 e. The maximum absolute atomic E-state index is 11.9. The van der Waals surface area contributed by atoms with Crippen LogP contribution in [0.4, 0.5) is 13.2 Å². The summed E-state index contributed by atoms with van der Waals surface area (Å²) in [5.74, 6) is -0.373. The number of ether oxygens (including phenoxy) is 2. The van der Waals surface area contributed by atoms with Crippen molar-refractivity contribution in [3.05, 3.63) is 0 Å². The van der Waals surface area contributed by atoms with E-state index in [1.807, 2.05) is 13.8 Å². The van der Waals surface area contributed by atoms with E-state index in [2.05, 4.69) is 10.1 Å². The molecule has 0 aliphatic carbocycles. The topological polar surface area (TPSA) is 47.6 Å². The monoisotopic (exact) mass is 299 g/mol. The molecule has 1 N–H and O–H groups in total. The number of rotatable bonds is 9. The molecule has 120 valence electrons. The van der Waals surface area contributed by atoms with Crippen LogP contribution < -0.4 is 5.32 Å². The van der Waals surface area contributed by atoms with E-state index < -0.39 is 18.3 Å². The Bertz CT molecular complexity index is 295. The Labute approximate surface area is 118 Å². The molecule has 0 aromatic rings. The summed E-state index contributed by atoms with van der Waals surface area (Å²) >= 11 is 0. The van der Waals surface area contributed by atoms with Crippen molar-refractivity contribution < 1.29 is 27.4 Å². The van der Waals surface area contributed by atoms with Gasteiger partial charge >= 0.3 is 12.1 Å². The quantitative estimate of drug-likeness (QED) is 0.525. The summed E-state index contributed by atoms with van der Waals surface area (Å²) in [6.07, 6.45) is -2.78. The number of halogens is 3. The predicted molar refractivity (Wildman–Crippen MR) is 69.4 cm³/mol. The zero-order valence-electron chi connectivity index (χ0n) is 12.5. The SMILES string of the molecule is COC(=O)C(C)(CCCCOCC(F)(F)F)NC(C)C. The van der Waals surface area contributed by atoms with Crippen LogP contribution >= 0.6 is 0 Å². The lowest BCUT2D eigenvalue weighted by molar-refractivity contribution is -0.174. The number of nitrogens with one attached hydrogen (secondary N) is 1. The fourth-order valence-electron chi connectivity index (χ4n) is 1.97. The van der Waals surface area contributed by atoms with E-state index in [1.165, 1.54) is 7.11 Å². The molecule has 4 nitrogen and oxygen atoms in total. The van der Waals surface area contributed by atoms with Crippen LogP contribution in [0.3, 0.4) is 0 Å². The van der Waals surface area contributed by atoms with E-state index in [9.17, 15) is 18.0 Å². The van der Waals surface area contributed by atoms with Gasteiger partial charge in [-0.05, 0) is 40.0 Å². The number of carbonyl (C=O) groups is 1. The highest BCUT2D eigenvalue weighted by molar-refractivity contribution is 5.80. The number of alkyl halides is 3. The normalized spacial score (nSPS) is 15.2. The second-order valence-corrected chi connectivity index (χ2v) is 5.25. The number of hydrogen-bond donors (Lipinski definition) is 1. The number of unbranched alkanes of at least 4 members (excludes halogenated alkanes) is 1. The van der Waals surface area contributed by atoms with Crippen LogP contribution in [-0.2, 0) is 14.3 Å². The molecule has 0 aromatic heterocycles. The van der Waals surface area contributed by atoms with Gasteiger partial charge in [0.05, 0.1) is 7.11 Å². The summed E-state index contributed by atoms with van der Waals surface area (Å²) in [5.41, 5.74) is -0.826. The van der Waals surface area contributed by atoms with Crippen molar-refractivity contribution in [2.45, 2.75) is 57.8 Å². The van der Waals surface area contributed by atoms with Gasteiger partial charge in [-0.25, -0.2) is 0 Å². The number of carbonyl (C=O) groups excluding carboxylic acids is 1. The highest BCUT2D eigenvalue weighted by Gasteiger charge is 2.34. The number of methoxy groups -OCH3 is 1. The van der Waals surface area contributed by atoms with Crippen molar-refractivity contribution >= 4 is 5.97 Å². The van der Waals surface area contributed by atoms with Crippen molar-refractivity contribution in [2.75, 3.05) is 20.3 Å². The van der Waals surface area contributed by atoms with Gasteiger partial charge in [0.15, 0.2) is 0 Å². The van der Waals surface area contributed by atoms with Crippen LogP contribution in [0.15, 0.2) is 0 Å². The number of esters is 1. The van der Waals surface area contributed by atoms with Crippen molar-refractivity contribution in [1.82, 2.24) is 5.32 Å². The molecule has 7 heteroatoms. The first-order valence-electron chi connectivity index (χ1n) is 6.61. The highest BCUT2D eigenvalue weighted by atomic mass is 19.4. The molecule has 0 heterocycles. The molecule has 0 saturated heterocycles. The Morgan fingerprint density at radius 2 is 1.85 bits per heavy atom. The van der Waals surface area contributed by atoms with E-state index in [4.69, 9.17) is 4.74 Å². The van der Waals surface area contributed by atoms with E-state index >= 15 is 0 Å². The molecule has 0 spiro atoms. The number of hydrogen-bond acceptors (Lipinski definition) is 4. The smallest absolute Gasteiger partial charge is 0.411 e. The summed E-state index contributed by atoms with van der Waals surface area (Å²) in [6, 6.07) is 0.0978. The van der Waals surface area contributed by atoms with Gasteiger partial charge in [-0.2, -0.15) is 13.2 Å². The van der Waals surface area contributed by atoms with E-state index in [0.29, 0.717) is 19.3 Å². The van der Waals surface area contributed by atoms with Gasteiger partial charge in [0.1, 0.15) is 12.1 Å². The van der Waals surface area contributed by atoms with Crippen molar-refractivity contribution in [1.29, 1.82) is 0 Å². The first-order chi connectivity index (χ1) is 9.10. The molecule has 0 aromatic carbocycles. The van der Waals surface area contributed by atoms with Gasteiger partial charge < -0.3 is 9.47 Å². The van der Waals surface area contributed by atoms with E-state index in [1.54, 1.807) is 6.92 Å².